The average molecular weight is 823 g/mol. The molecule has 0 radical (unpaired) electrons. The molecule has 6 N–H and O–H groups in total. The van der Waals surface area contributed by atoms with Gasteiger partial charge in [-0.1, -0.05) is 0 Å². The van der Waals surface area contributed by atoms with Crippen LogP contribution in [-0.4, -0.2) is 76.0 Å². The van der Waals surface area contributed by atoms with Crippen LogP contribution in [0.3, 0.4) is 0 Å². The first kappa shape index (κ1) is 43.0. The lowest BCUT2D eigenvalue weighted by molar-refractivity contribution is -0.686. The molecule has 4 aliphatic rings. The summed E-state index contributed by atoms with van der Waals surface area (Å²) in [5.74, 6) is 6.36. The zero-order valence-electron chi connectivity index (χ0n) is 31.9. The van der Waals surface area contributed by atoms with Crippen molar-refractivity contribution in [3.63, 3.8) is 0 Å². The van der Waals surface area contributed by atoms with Gasteiger partial charge in [-0.05, 0) is 70.4 Å². The maximum absolute atomic E-state index is 8.52. The smallest absolute Gasteiger partial charge is 0.231 e. The van der Waals surface area contributed by atoms with Crippen LogP contribution in [0.5, 0.6) is 46.0 Å². The minimum atomic E-state index is -5.17. The summed E-state index contributed by atoms with van der Waals surface area (Å²) in [6, 6.07) is 20.8. The first-order chi connectivity index (χ1) is 26.6. The fourth-order valence-electron chi connectivity index (χ4n) is 7.54. The lowest BCUT2D eigenvalue weighted by Crippen LogP contribution is -2.40. The number of hydrogen-bond donors (Lipinski definition) is 0. The van der Waals surface area contributed by atoms with Gasteiger partial charge in [-0.25, -0.2) is 0 Å². The van der Waals surface area contributed by atoms with Gasteiger partial charge in [-0.3, -0.25) is 8.42 Å². The Morgan fingerprint density at radius 2 is 0.914 bits per heavy atom. The van der Waals surface area contributed by atoms with Crippen LogP contribution in [0.2, 0.25) is 0 Å². The first-order valence-corrected chi connectivity index (χ1v) is 18.6. The van der Waals surface area contributed by atoms with Crippen LogP contribution in [0.1, 0.15) is 11.1 Å². The van der Waals surface area contributed by atoms with Gasteiger partial charge >= 0.3 is 0 Å². The second kappa shape index (κ2) is 17.1. The minimum absolute atomic E-state index is 0. The molecule has 0 fully saturated rings. The lowest BCUT2D eigenvalue weighted by Gasteiger charge is -2.17. The topological polar surface area (TPSA) is 256 Å². The highest BCUT2D eigenvalue weighted by Gasteiger charge is 2.30. The van der Waals surface area contributed by atoms with Crippen LogP contribution < -0.4 is 47.0 Å². The number of aromatic nitrogens is 2. The van der Waals surface area contributed by atoms with Crippen LogP contribution in [0.4, 0.5) is 0 Å². The highest BCUT2D eigenvalue weighted by Crippen LogP contribution is 2.43. The van der Waals surface area contributed by atoms with E-state index in [0.29, 0.717) is 13.6 Å². The predicted octanol–water partition coefficient (Wildman–Crippen LogP) is 2.38. The van der Waals surface area contributed by atoms with Crippen molar-refractivity contribution in [3.8, 4) is 68.5 Å². The van der Waals surface area contributed by atoms with Crippen molar-refractivity contribution in [2.24, 2.45) is 0 Å². The van der Waals surface area contributed by atoms with Gasteiger partial charge in [0.25, 0.3) is 0 Å². The van der Waals surface area contributed by atoms with E-state index >= 15 is 0 Å². The Kier molecular flexibility index (Phi) is 12.7. The Labute approximate surface area is 332 Å². The Balaban J connectivity index is 0.000000189. The van der Waals surface area contributed by atoms with Gasteiger partial charge in [0.2, 0.25) is 25.0 Å². The standard InChI is InChI=1S/2C20H18NO4.H2O4S.3H2O/c2*1-22-17-4-3-12-7-16-14-9-19-18(24-11-25-19)8-13(14)5-6-21(16)10-15(12)20(17)23-2;1-5(2,3)4;;;/h2*3-4,7-10H,5-6,11H2,1-2H3;(H2,1,2,3,4);3*1H2/q2*+1;;;;/p-2. The van der Waals surface area contributed by atoms with Crippen molar-refractivity contribution < 1.29 is 81.0 Å². The third-order valence-corrected chi connectivity index (χ3v) is 10.0. The molecule has 4 aromatic carbocycles. The van der Waals surface area contributed by atoms with Crippen molar-refractivity contribution in [3.05, 3.63) is 84.2 Å². The molecule has 308 valence electrons. The highest BCUT2D eigenvalue weighted by molar-refractivity contribution is 7.79. The molecule has 6 heterocycles. The number of ether oxygens (including phenoxy) is 8. The summed E-state index contributed by atoms with van der Waals surface area (Å²) in [5.41, 5.74) is 7.35. The summed E-state index contributed by atoms with van der Waals surface area (Å²) >= 11 is 0. The predicted molar refractivity (Wildman–Crippen MR) is 206 cm³/mol. The van der Waals surface area contributed by atoms with Crippen molar-refractivity contribution in [1.29, 1.82) is 0 Å². The zero-order valence-corrected chi connectivity index (χ0v) is 32.7. The normalized spacial score (nSPS) is 13.2. The number of fused-ring (bicyclic) bond motifs is 10. The monoisotopic (exact) mass is 822 g/mol. The Morgan fingerprint density at radius 3 is 1.26 bits per heavy atom. The van der Waals surface area contributed by atoms with Gasteiger partial charge in [0.05, 0.1) is 50.3 Å². The summed E-state index contributed by atoms with van der Waals surface area (Å²) in [6.45, 7) is 2.43. The molecular formula is C40H42N2O15S. The molecule has 6 aromatic rings. The van der Waals surface area contributed by atoms with Crippen molar-refractivity contribution in [2.45, 2.75) is 25.9 Å². The maximum Gasteiger partial charge on any atom is 0.231 e. The third kappa shape index (κ3) is 8.01. The minimum Gasteiger partial charge on any atom is -0.759 e. The zero-order chi connectivity index (χ0) is 38.4. The SMILES string of the molecule is COc1ccc2cc3[n+](cc2c1OC)CCc1cc2c(cc1-3)OCO2.COc1ccc2cc3[n+](cc2c1OC)CCc1cc2c(cc1-3)OCO2.O.O.O.O=S(=O)([O-])[O-]. The fourth-order valence-corrected chi connectivity index (χ4v) is 7.54. The van der Waals surface area contributed by atoms with Gasteiger partial charge in [0.1, 0.15) is 0 Å². The van der Waals surface area contributed by atoms with E-state index in [0.717, 1.165) is 93.5 Å². The summed E-state index contributed by atoms with van der Waals surface area (Å²) in [7, 11) is 1.51. The Morgan fingerprint density at radius 1 is 0.552 bits per heavy atom. The quantitative estimate of drug-likeness (QED) is 0.141. The third-order valence-electron chi connectivity index (χ3n) is 10.0. The second-order valence-corrected chi connectivity index (χ2v) is 13.8. The summed E-state index contributed by atoms with van der Waals surface area (Å²) < 4.78 is 82.9. The van der Waals surface area contributed by atoms with E-state index in [2.05, 4.69) is 70.1 Å². The van der Waals surface area contributed by atoms with E-state index in [1.165, 1.54) is 33.6 Å². The molecule has 58 heavy (non-hydrogen) atoms. The molecule has 0 unspecified atom stereocenters. The van der Waals surface area contributed by atoms with E-state index in [1.54, 1.807) is 28.4 Å². The summed E-state index contributed by atoms with van der Waals surface area (Å²) in [6.07, 6.45) is 6.22. The number of benzene rings is 4. The van der Waals surface area contributed by atoms with Gasteiger partial charge in [-0.15, -0.1) is 0 Å². The molecule has 2 aromatic heterocycles. The van der Waals surface area contributed by atoms with Gasteiger partial charge in [-0.2, -0.15) is 9.13 Å². The lowest BCUT2D eigenvalue weighted by atomic mass is 9.95. The molecule has 0 amide bonds. The van der Waals surface area contributed by atoms with Gasteiger partial charge in [0, 0.05) is 35.4 Å². The largest absolute Gasteiger partial charge is 0.759 e. The van der Waals surface area contributed by atoms with Crippen LogP contribution in [0.25, 0.3) is 44.1 Å². The van der Waals surface area contributed by atoms with Crippen molar-refractivity contribution in [2.75, 3.05) is 42.0 Å². The number of pyridine rings is 2. The molecule has 0 bridgehead atoms. The van der Waals surface area contributed by atoms with Crippen molar-refractivity contribution in [1.82, 2.24) is 0 Å². The Bertz CT molecular complexity index is 2440. The fraction of sp³-hybridized carbons (Fsp3) is 0.250. The molecule has 18 heteroatoms. The highest BCUT2D eigenvalue weighted by atomic mass is 32.3. The van der Waals surface area contributed by atoms with Crippen LogP contribution in [0, 0.1) is 0 Å². The van der Waals surface area contributed by atoms with E-state index in [4.69, 9.17) is 55.4 Å². The van der Waals surface area contributed by atoms with E-state index in [9.17, 15) is 0 Å². The second-order valence-electron chi connectivity index (χ2n) is 12.9. The average Bonchev–Trinajstić information content (AvgIpc) is 3.85. The van der Waals surface area contributed by atoms with Gasteiger partial charge in [0.15, 0.2) is 71.5 Å². The van der Waals surface area contributed by atoms with Crippen molar-refractivity contribution >= 4 is 31.9 Å². The van der Waals surface area contributed by atoms with E-state index in [1.807, 2.05) is 12.1 Å². The molecule has 17 nitrogen and oxygen atoms in total. The molecule has 0 atom stereocenters. The molecule has 0 saturated carbocycles. The van der Waals surface area contributed by atoms with Crippen LogP contribution >= 0.6 is 0 Å². The van der Waals surface area contributed by atoms with Crippen LogP contribution in [0.15, 0.2) is 73.1 Å². The molecule has 4 aliphatic heterocycles. The number of nitrogens with zero attached hydrogens (tertiary/aromatic N) is 2. The van der Waals surface area contributed by atoms with E-state index in [-0.39, 0.29) is 16.4 Å². The molecule has 0 aliphatic carbocycles. The Hall–Kier alpha value is -6.15. The summed E-state index contributed by atoms with van der Waals surface area (Å²) in [5, 5.41) is 4.34. The van der Waals surface area contributed by atoms with Crippen LogP contribution in [-0.2, 0) is 36.3 Å². The molecule has 10 rings (SSSR count). The summed E-state index contributed by atoms with van der Waals surface area (Å²) in [4.78, 5) is 0. The number of hydrogen-bond acceptors (Lipinski definition) is 12. The number of aryl methyl sites for hydroxylation is 4. The van der Waals surface area contributed by atoms with Gasteiger partial charge < -0.3 is 63.4 Å². The molecule has 0 saturated heterocycles. The number of methoxy groups -OCH3 is 4. The first-order valence-electron chi connectivity index (χ1n) is 17.3. The van der Waals surface area contributed by atoms with E-state index < -0.39 is 10.4 Å². The maximum atomic E-state index is 8.52. The molecular weight excluding hydrogens is 781 g/mol. The molecule has 0 spiro atoms. The number of rotatable bonds is 4.